The Balaban J connectivity index is 1.64. The second kappa shape index (κ2) is 7.97. The van der Waals surface area contributed by atoms with Crippen LogP contribution in [0.25, 0.3) is 5.69 Å². The van der Waals surface area contributed by atoms with Crippen molar-refractivity contribution in [2.24, 2.45) is 5.41 Å². The smallest absolute Gasteiger partial charge is 0.176 e. The molecule has 158 valence electrons. The van der Waals surface area contributed by atoms with Crippen LogP contribution in [0.3, 0.4) is 0 Å². The van der Waals surface area contributed by atoms with Crippen LogP contribution in [0.4, 0.5) is 0 Å². The Labute approximate surface area is 182 Å². The summed E-state index contributed by atoms with van der Waals surface area (Å²) in [5.74, 6) is 0.361. The van der Waals surface area contributed by atoms with Crippen molar-refractivity contribution in [2.75, 3.05) is 7.11 Å². The summed E-state index contributed by atoms with van der Waals surface area (Å²) in [6.45, 7) is 7.35. The maximum Gasteiger partial charge on any atom is 0.176 e. The van der Waals surface area contributed by atoms with Crippen LogP contribution in [0.2, 0.25) is 5.02 Å². The number of hydrogen-bond acceptors (Lipinski definition) is 4. The fraction of sp³-hybridized carbons (Fsp3) is 0.375. The number of nitrogens with zero attached hydrogens (tertiary/aromatic N) is 2. The predicted molar refractivity (Wildman–Crippen MR) is 120 cm³/mol. The minimum Gasteiger partial charge on any atom is -0.503 e. The third-order valence-electron chi connectivity index (χ3n) is 5.88. The summed E-state index contributed by atoms with van der Waals surface area (Å²) in [6.07, 6.45) is 4.00. The predicted octanol–water partition coefficient (Wildman–Crippen LogP) is 5.35. The highest BCUT2D eigenvalue weighted by molar-refractivity contribution is 6.32. The highest BCUT2D eigenvalue weighted by Gasteiger charge is 2.35. The van der Waals surface area contributed by atoms with Crippen LogP contribution in [0.15, 0.2) is 42.6 Å². The van der Waals surface area contributed by atoms with Crippen LogP contribution >= 0.6 is 11.6 Å². The monoisotopic (exact) mass is 425 g/mol. The molecular formula is C24H28ClN3O2. The number of rotatable bonds is 5. The lowest BCUT2D eigenvalue weighted by atomic mass is 9.74. The lowest BCUT2D eigenvalue weighted by Gasteiger charge is -2.36. The highest BCUT2D eigenvalue weighted by Crippen LogP contribution is 2.42. The van der Waals surface area contributed by atoms with Gasteiger partial charge in [0.15, 0.2) is 11.5 Å². The number of halogens is 1. The summed E-state index contributed by atoms with van der Waals surface area (Å²) in [5.41, 5.74) is 5.96. The Morgan fingerprint density at radius 2 is 2.07 bits per heavy atom. The van der Waals surface area contributed by atoms with Crippen molar-refractivity contribution in [1.29, 1.82) is 0 Å². The Morgan fingerprint density at radius 1 is 1.30 bits per heavy atom. The van der Waals surface area contributed by atoms with Gasteiger partial charge in [0, 0.05) is 23.8 Å². The van der Waals surface area contributed by atoms with E-state index in [9.17, 15) is 5.11 Å². The van der Waals surface area contributed by atoms with E-state index in [1.54, 1.807) is 6.07 Å². The fourth-order valence-corrected chi connectivity index (χ4v) is 4.59. The molecule has 1 aliphatic carbocycles. The Morgan fingerprint density at radius 3 is 2.80 bits per heavy atom. The third kappa shape index (κ3) is 3.92. The molecule has 2 N–H and O–H groups in total. The molecule has 1 aliphatic rings. The summed E-state index contributed by atoms with van der Waals surface area (Å²) < 4.78 is 7.33. The van der Waals surface area contributed by atoms with Crippen molar-refractivity contribution in [1.82, 2.24) is 15.1 Å². The summed E-state index contributed by atoms with van der Waals surface area (Å²) in [6, 6.07) is 12.1. The average molecular weight is 426 g/mol. The molecule has 3 aromatic rings. The summed E-state index contributed by atoms with van der Waals surface area (Å²) in [4.78, 5) is 0. The highest BCUT2D eigenvalue weighted by atomic mass is 35.5. The number of fused-ring (bicyclic) bond motifs is 1. The molecule has 0 spiro atoms. The molecule has 5 nitrogen and oxygen atoms in total. The van der Waals surface area contributed by atoms with Crippen LogP contribution in [0, 0.1) is 12.3 Å². The van der Waals surface area contributed by atoms with Crippen molar-refractivity contribution in [3.63, 3.8) is 0 Å². The molecule has 2 aromatic carbocycles. The van der Waals surface area contributed by atoms with Crippen LogP contribution in [-0.4, -0.2) is 22.0 Å². The Bertz CT molecular complexity index is 1070. The number of aromatic nitrogens is 2. The van der Waals surface area contributed by atoms with Gasteiger partial charge in [-0.2, -0.15) is 5.10 Å². The number of methoxy groups -OCH3 is 1. The van der Waals surface area contributed by atoms with E-state index in [0.717, 1.165) is 24.1 Å². The van der Waals surface area contributed by atoms with Gasteiger partial charge in [0.1, 0.15) is 0 Å². The molecule has 0 radical (unpaired) electrons. The van der Waals surface area contributed by atoms with E-state index in [0.29, 0.717) is 17.3 Å². The Kier molecular flexibility index (Phi) is 5.51. The number of para-hydroxylation sites is 1. The standard InChI is InChI=1S/C24H28ClN3O2/c1-15-7-5-6-8-20(15)28-21-12-24(2,3)11-19(17(21)14-27-28)26-13-16-9-18(25)23(29)22(10-16)30-4/h5-10,14,19,26,29H,11-13H2,1-4H3/t19-/m0/s1. The van der Waals surface area contributed by atoms with E-state index in [1.165, 1.54) is 23.9 Å². The topological polar surface area (TPSA) is 59.3 Å². The molecule has 0 amide bonds. The number of aromatic hydroxyl groups is 1. The van der Waals surface area contributed by atoms with Gasteiger partial charge in [0.2, 0.25) is 0 Å². The largest absolute Gasteiger partial charge is 0.503 e. The normalized spacial score (nSPS) is 17.6. The van der Waals surface area contributed by atoms with Crippen LogP contribution in [0.1, 0.15) is 48.7 Å². The first-order chi connectivity index (χ1) is 14.3. The maximum atomic E-state index is 9.98. The third-order valence-corrected chi connectivity index (χ3v) is 6.17. The van der Waals surface area contributed by atoms with Gasteiger partial charge < -0.3 is 15.2 Å². The quantitative estimate of drug-likeness (QED) is 0.578. The second-order valence-electron chi connectivity index (χ2n) is 8.85. The van der Waals surface area contributed by atoms with E-state index in [4.69, 9.17) is 21.4 Å². The zero-order chi connectivity index (χ0) is 21.5. The van der Waals surface area contributed by atoms with Crippen LogP contribution in [0.5, 0.6) is 11.5 Å². The molecule has 1 atom stereocenters. The van der Waals surface area contributed by atoms with E-state index in [-0.39, 0.29) is 17.2 Å². The number of phenols is 1. The van der Waals surface area contributed by atoms with E-state index in [2.05, 4.69) is 55.0 Å². The van der Waals surface area contributed by atoms with Gasteiger partial charge in [-0.1, -0.05) is 43.6 Å². The van der Waals surface area contributed by atoms with Gasteiger partial charge >= 0.3 is 0 Å². The molecule has 0 aliphatic heterocycles. The molecule has 0 saturated carbocycles. The van der Waals surface area contributed by atoms with E-state index < -0.39 is 0 Å². The minimum absolute atomic E-state index is 0.0245. The number of hydrogen-bond donors (Lipinski definition) is 2. The zero-order valence-corrected chi connectivity index (χ0v) is 18.6. The molecule has 0 unspecified atom stereocenters. The first-order valence-corrected chi connectivity index (χ1v) is 10.6. The summed E-state index contributed by atoms with van der Waals surface area (Å²) in [5, 5.41) is 18.7. The summed E-state index contributed by atoms with van der Waals surface area (Å²) >= 11 is 6.16. The van der Waals surface area contributed by atoms with Crippen molar-refractivity contribution in [3.05, 3.63) is 70.0 Å². The number of phenolic OH excluding ortho intramolecular Hbond substituents is 1. The second-order valence-corrected chi connectivity index (χ2v) is 9.26. The first kappa shape index (κ1) is 20.8. The van der Waals surface area contributed by atoms with Gasteiger partial charge in [-0.3, -0.25) is 0 Å². The van der Waals surface area contributed by atoms with Crippen molar-refractivity contribution in [3.8, 4) is 17.2 Å². The van der Waals surface area contributed by atoms with Crippen molar-refractivity contribution in [2.45, 2.75) is 46.2 Å². The first-order valence-electron chi connectivity index (χ1n) is 10.2. The molecule has 1 aromatic heterocycles. The van der Waals surface area contributed by atoms with Gasteiger partial charge in [-0.05, 0) is 54.5 Å². The molecular weight excluding hydrogens is 398 g/mol. The molecule has 0 fully saturated rings. The van der Waals surface area contributed by atoms with Crippen LogP contribution < -0.4 is 10.1 Å². The van der Waals surface area contributed by atoms with E-state index in [1.807, 2.05) is 12.3 Å². The fourth-order valence-electron chi connectivity index (χ4n) is 4.36. The van der Waals surface area contributed by atoms with Gasteiger partial charge in [0.25, 0.3) is 0 Å². The number of nitrogens with one attached hydrogen (secondary N) is 1. The average Bonchev–Trinajstić information content (AvgIpc) is 3.11. The SMILES string of the molecule is COc1cc(CN[C@H]2CC(C)(C)Cc3c2cnn3-c2ccccc2C)cc(Cl)c1O. The summed E-state index contributed by atoms with van der Waals surface area (Å²) in [7, 11) is 1.53. The molecule has 1 heterocycles. The molecule has 6 heteroatoms. The maximum absolute atomic E-state index is 9.98. The zero-order valence-electron chi connectivity index (χ0n) is 17.9. The van der Waals surface area contributed by atoms with Crippen molar-refractivity contribution >= 4 is 11.6 Å². The van der Waals surface area contributed by atoms with Crippen molar-refractivity contribution < 1.29 is 9.84 Å². The lowest BCUT2D eigenvalue weighted by molar-refractivity contribution is 0.252. The van der Waals surface area contributed by atoms with Crippen LogP contribution in [-0.2, 0) is 13.0 Å². The van der Waals surface area contributed by atoms with Gasteiger partial charge in [-0.25, -0.2) is 4.68 Å². The van der Waals surface area contributed by atoms with Gasteiger partial charge in [0.05, 0.1) is 24.0 Å². The molecule has 30 heavy (non-hydrogen) atoms. The van der Waals surface area contributed by atoms with Gasteiger partial charge in [-0.15, -0.1) is 0 Å². The number of ether oxygens (including phenoxy) is 1. The van der Waals surface area contributed by atoms with E-state index >= 15 is 0 Å². The molecule has 0 saturated heterocycles. The minimum atomic E-state index is -0.0245. The Hall–Kier alpha value is -2.50. The number of aryl methyl sites for hydroxylation is 1. The number of benzene rings is 2. The lowest BCUT2D eigenvalue weighted by Crippen LogP contribution is -2.33. The molecule has 4 rings (SSSR count). The molecule has 0 bridgehead atoms.